The van der Waals surface area contributed by atoms with E-state index in [1.54, 1.807) is 6.20 Å². The van der Waals surface area contributed by atoms with Crippen molar-refractivity contribution in [2.75, 3.05) is 7.05 Å². The summed E-state index contributed by atoms with van der Waals surface area (Å²) in [4.78, 5) is 6.15. The van der Waals surface area contributed by atoms with E-state index >= 15 is 0 Å². The molecule has 1 atom stereocenters. The highest BCUT2D eigenvalue weighted by molar-refractivity contribution is 5.09. The summed E-state index contributed by atoms with van der Waals surface area (Å²) in [5.74, 6) is 2.69. The van der Waals surface area contributed by atoms with Gasteiger partial charge < -0.3 is 0 Å². The Balaban J connectivity index is 2.56. The van der Waals surface area contributed by atoms with Crippen LogP contribution >= 0.6 is 0 Å². The van der Waals surface area contributed by atoms with Crippen LogP contribution in [0.25, 0.3) is 0 Å². The maximum Gasteiger partial charge on any atom is 0.0683 e. The van der Waals surface area contributed by atoms with Crippen molar-refractivity contribution in [1.29, 1.82) is 0 Å². The average Bonchev–Trinajstić information content (AvgIpc) is 2.18. The Morgan fingerprint density at radius 2 is 2.46 bits per heavy atom. The molecule has 0 aliphatic carbocycles. The van der Waals surface area contributed by atoms with Gasteiger partial charge in [0, 0.05) is 18.9 Å². The van der Waals surface area contributed by atoms with Crippen molar-refractivity contribution in [3.05, 3.63) is 30.1 Å². The molecule has 0 spiro atoms. The fourth-order valence-electron chi connectivity index (χ4n) is 1.04. The predicted molar refractivity (Wildman–Crippen MR) is 54.0 cm³/mol. The lowest BCUT2D eigenvalue weighted by molar-refractivity contribution is 0.296. The third kappa shape index (κ3) is 2.89. The van der Waals surface area contributed by atoms with E-state index in [1.807, 2.05) is 32.3 Å². The van der Waals surface area contributed by atoms with E-state index in [1.165, 1.54) is 5.56 Å². The van der Waals surface area contributed by atoms with Gasteiger partial charge in [-0.15, -0.1) is 6.42 Å². The smallest absolute Gasteiger partial charge is 0.0683 e. The zero-order chi connectivity index (χ0) is 9.68. The lowest BCUT2D eigenvalue weighted by Gasteiger charge is -2.19. The van der Waals surface area contributed by atoms with E-state index in [9.17, 15) is 0 Å². The van der Waals surface area contributed by atoms with Crippen molar-refractivity contribution in [3.8, 4) is 12.3 Å². The summed E-state index contributed by atoms with van der Waals surface area (Å²) in [5, 5.41) is 0. The van der Waals surface area contributed by atoms with Gasteiger partial charge in [-0.2, -0.15) is 0 Å². The first kappa shape index (κ1) is 9.76. The summed E-state index contributed by atoms with van der Waals surface area (Å²) >= 11 is 0. The van der Waals surface area contributed by atoms with Gasteiger partial charge in [-0.1, -0.05) is 12.0 Å². The molecule has 1 rings (SSSR count). The second-order valence-electron chi connectivity index (χ2n) is 3.12. The lowest BCUT2D eigenvalue weighted by atomic mass is 10.2. The number of rotatable bonds is 3. The molecule has 0 aliphatic heterocycles. The molecule has 1 unspecified atom stereocenters. The number of hydrogen-bond donors (Lipinski definition) is 0. The molecule has 0 saturated carbocycles. The van der Waals surface area contributed by atoms with Gasteiger partial charge in [0.15, 0.2) is 0 Å². The summed E-state index contributed by atoms with van der Waals surface area (Å²) in [6.07, 6.45) is 8.95. The zero-order valence-corrected chi connectivity index (χ0v) is 8.07. The van der Waals surface area contributed by atoms with E-state index in [2.05, 4.69) is 15.8 Å². The molecule has 0 N–H and O–H groups in total. The van der Waals surface area contributed by atoms with Crippen LogP contribution in [0.5, 0.6) is 0 Å². The quantitative estimate of drug-likeness (QED) is 0.646. The number of hydrogen-bond acceptors (Lipinski definition) is 2. The molecule has 68 valence electrons. The number of terminal acetylenes is 1. The van der Waals surface area contributed by atoms with Crippen molar-refractivity contribution >= 4 is 0 Å². The van der Waals surface area contributed by atoms with E-state index in [-0.39, 0.29) is 6.04 Å². The topological polar surface area (TPSA) is 16.1 Å². The van der Waals surface area contributed by atoms with E-state index < -0.39 is 0 Å². The van der Waals surface area contributed by atoms with Crippen LogP contribution in [0, 0.1) is 12.3 Å². The first-order valence-electron chi connectivity index (χ1n) is 4.29. The van der Waals surface area contributed by atoms with Gasteiger partial charge in [0.25, 0.3) is 0 Å². The van der Waals surface area contributed by atoms with Gasteiger partial charge >= 0.3 is 0 Å². The summed E-state index contributed by atoms with van der Waals surface area (Å²) in [6, 6.07) is 4.15. The molecule has 1 heterocycles. The number of aromatic nitrogens is 1. The molecular formula is C11H14N2. The molecular weight excluding hydrogens is 160 g/mol. The largest absolute Gasteiger partial charge is 0.289 e. The molecule has 1 aromatic heterocycles. The van der Waals surface area contributed by atoms with E-state index in [4.69, 9.17) is 6.42 Å². The Hall–Kier alpha value is -1.33. The van der Waals surface area contributed by atoms with Gasteiger partial charge in [-0.25, -0.2) is 0 Å². The Morgan fingerprint density at radius 3 is 3.00 bits per heavy atom. The average molecular weight is 174 g/mol. The second kappa shape index (κ2) is 4.64. The third-order valence-corrected chi connectivity index (χ3v) is 2.06. The van der Waals surface area contributed by atoms with Crippen molar-refractivity contribution in [2.45, 2.75) is 19.5 Å². The molecule has 0 aromatic carbocycles. The standard InChI is InChI=1S/C11H14N2/c1-4-10(2)13(3)9-11-6-5-7-12-8-11/h1,5-8,10H,9H2,2-3H3. The van der Waals surface area contributed by atoms with Gasteiger partial charge in [-0.3, -0.25) is 9.88 Å². The monoisotopic (exact) mass is 174 g/mol. The Bertz CT molecular complexity index is 287. The Labute approximate surface area is 79.6 Å². The highest BCUT2D eigenvalue weighted by atomic mass is 15.1. The van der Waals surface area contributed by atoms with Crippen LogP contribution in [0.2, 0.25) is 0 Å². The molecule has 0 aliphatic rings. The van der Waals surface area contributed by atoms with Crippen molar-refractivity contribution in [1.82, 2.24) is 9.88 Å². The number of nitrogens with zero attached hydrogens (tertiary/aromatic N) is 2. The summed E-state index contributed by atoms with van der Waals surface area (Å²) < 4.78 is 0. The van der Waals surface area contributed by atoms with E-state index in [0.29, 0.717) is 0 Å². The maximum absolute atomic E-state index is 5.32. The number of pyridine rings is 1. The minimum atomic E-state index is 0.167. The molecule has 0 radical (unpaired) electrons. The Kier molecular flexibility index (Phi) is 3.48. The minimum Gasteiger partial charge on any atom is -0.289 e. The Morgan fingerprint density at radius 1 is 1.69 bits per heavy atom. The van der Waals surface area contributed by atoms with Crippen LogP contribution in [0.15, 0.2) is 24.5 Å². The molecule has 0 bridgehead atoms. The lowest BCUT2D eigenvalue weighted by Crippen LogP contribution is -2.26. The highest BCUT2D eigenvalue weighted by Gasteiger charge is 2.05. The molecule has 0 fully saturated rings. The SMILES string of the molecule is C#CC(C)N(C)Cc1cccnc1. The van der Waals surface area contributed by atoms with Crippen LogP contribution in [0.4, 0.5) is 0 Å². The first-order chi connectivity index (χ1) is 6.24. The van der Waals surface area contributed by atoms with Gasteiger partial charge in [0.2, 0.25) is 0 Å². The van der Waals surface area contributed by atoms with Crippen molar-refractivity contribution in [2.24, 2.45) is 0 Å². The molecule has 0 amide bonds. The fourth-order valence-corrected chi connectivity index (χ4v) is 1.04. The second-order valence-corrected chi connectivity index (χ2v) is 3.12. The van der Waals surface area contributed by atoms with Gasteiger partial charge in [-0.05, 0) is 25.6 Å². The van der Waals surface area contributed by atoms with E-state index in [0.717, 1.165) is 6.54 Å². The zero-order valence-electron chi connectivity index (χ0n) is 8.07. The van der Waals surface area contributed by atoms with Crippen molar-refractivity contribution in [3.63, 3.8) is 0 Å². The molecule has 2 heteroatoms. The van der Waals surface area contributed by atoms with Crippen LogP contribution in [0.3, 0.4) is 0 Å². The predicted octanol–water partition coefficient (Wildman–Crippen LogP) is 1.54. The van der Waals surface area contributed by atoms with Gasteiger partial charge in [0.05, 0.1) is 6.04 Å². The molecule has 0 saturated heterocycles. The normalized spacial score (nSPS) is 12.5. The third-order valence-electron chi connectivity index (χ3n) is 2.06. The maximum atomic E-state index is 5.32. The molecule has 1 aromatic rings. The summed E-state index contributed by atoms with van der Waals surface area (Å²) in [6.45, 7) is 2.86. The van der Waals surface area contributed by atoms with Crippen LogP contribution in [-0.2, 0) is 6.54 Å². The molecule has 13 heavy (non-hydrogen) atoms. The van der Waals surface area contributed by atoms with Crippen LogP contribution in [0.1, 0.15) is 12.5 Å². The van der Waals surface area contributed by atoms with Gasteiger partial charge in [0.1, 0.15) is 0 Å². The van der Waals surface area contributed by atoms with Crippen LogP contribution in [-0.4, -0.2) is 23.0 Å². The first-order valence-corrected chi connectivity index (χ1v) is 4.29. The summed E-state index contributed by atoms with van der Waals surface area (Å²) in [5.41, 5.74) is 1.19. The summed E-state index contributed by atoms with van der Waals surface area (Å²) in [7, 11) is 2.01. The fraction of sp³-hybridized carbons (Fsp3) is 0.364. The minimum absolute atomic E-state index is 0.167. The van der Waals surface area contributed by atoms with Crippen LogP contribution < -0.4 is 0 Å². The highest BCUT2D eigenvalue weighted by Crippen LogP contribution is 2.03. The molecule has 2 nitrogen and oxygen atoms in total. The van der Waals surface area contributed by atoms with Crippen molar-refractivity contribution < 1.29 is 0 Å².